The molecule has 0 aromatic heterocycles. The summed E-state index contributed by atoms with van der Waals surface area (Å²) in [5.41, 5.74) is 0.574. The van der Waals surface area contributed by atoms with Crippen molar-refractivity contribution in [2.24, 2.45) is 5.41 Å². The first-order chi connectivity index (χ1) is 8.62. The van der Waals surface area contributed by atoms with Gasteiger partial charge in [-0.2, -0.15) is 0 Å². The van der Waals surface area contributed by atoms with E-state index in [1.807, 2.05) is 0 Å². The van der Waals surface area contributed by atoms with Gasteiger partial charge in [0, 0.05) is 18.1 Å². The normalized spacial score (nSPS) is 34.7. The minimum atomic E-state index is 0.574. The Morgan fingerprint density at radius 2 is 1.67 bits per heavy atom. The van der Waals surface area contributed by atoms with Crippen LogP contribution in [0.15, 0.2) is 0 Å². The zero-order chi connectivity index (χ0) is 12.6. The summed E-state index contributed by atoms with van der Waals surface area (Å²) >= 11 is 0. The van der Waals surface area contributed by atoms with Crippen LogP contribution in [0.3, 0.4) is 0 Å². The van der Waals surface area contributed by atoms with E-state index in [2.05, 4.69) is 24.1 Å². The van der Waals surface area contributed by atoms with Gasteiger partial charge in [-0.05, 0) is 63.5 Å². The molecule has 1 unspecified atom stereocenters. The second-order valence-electron chi connectivity index (χ2n) is 7.67. The van der Waals surface area contributed by atoms with Crippen molar-refractivity contribution in [2.45, 2.75) is 83.3 Å². The fraction of sp³-hybridized carbons (Fsp3) is 1.00. The van der Waals surface area contributed by atoms with Crippen molar-refractivity contribution in [2.75, 3.05) is 13.1 Å². The first-order valence-corrected chi connectivity index (χ1v) is 8.12. The van der Waals surface area contributed by atoms with E-state index < -0.39 is 0 Å². The van der Waals surface area contributed by atoms with Crippen molar-refractivity contribution in [3.63, 3.8) is 0 Å². The maximum atomic E-state index is 3.97. The molecule has 2 saturated carbocycles. The van der Waals surface area contributed by atoms with Crippen LogP contribution in [0.1, 0.15) is 65.2 Å². The van der Waals surface area contributed by atoms with Crippen LogP contribution in [0.5, 0.6) is 0 Å². The number of nitrogens with zero attached hydrogens (tertiary/aromatic N) is 1. The molecule has 0 aromatic carbocycles. The zero-order valence-electron chi connectivity index (χ0n) is 12.3. The minimum absolute atomic E-state index is 0.574. The van der Waals surface area contributed by atoms with Crippen molar-refractivity contribution in [3.8, 4) is 0 Å². The minimum Gasteiger partial charge on any atom is -0.311 e. The molecule has 1 N–H and O–H groups in total. The number of hydrogen-bond donors (Lipinski definition) is 1. The fourth-order valence-electron chi connectivity index (χ4n) is 4.04. The van der Waals surface area contributed by atoms with Crippen LogP contribution in [0.4, 0.5) is 0 Å². The quantitative estimate of drug-likeness (QED) is 0.827. The summed E-state index contributed by atoms with van der Waals surface area (Å²) in [6.07, 6.45) is 11.3. The summed E-state index contributed by atoms with van der Waals surface area (Å²) in [4.78, 5) is 2.73. The standard InChI is InChI=1S/C16H30N2/c1-16(2)9-3-4-14(12-16)17-13-7-10-18(11-8-13)15-5-6-15/h13-15,17H,3-12H2,1-2H3. The third kappa shape index (κ3) is 3.27. The van der Waals surface area contributed by atoms with Gasteiger partial charge in [0.2, 0.25) is 0 Å². The smallest absolute Gasteiger partial charge is 0.00964 e. The lowest BCUT2D eigenvalue weighted by molar-refractivity contribution is 0.150. The van der Waals surface area contributed by atoms with Gasteiger partial charge in [0.05, 0.1) is 0 Å². The first-order valence-electron chi connectivity index (χ1n) is 8.12. The Morgan fingerprint density at radius 3 is 2.28 bits per heavy atom. The van der Waals surface area contributed by atoms with Crippen LogP contribution in [-0.4, -0.2) is 36.1 Å². The Labute approximate surface area is 113 Å². The molecule has 2 heteroatoms. The summed E-state index contributed by atoms with van der Waals surface area (Å²) in [6, 6.07) is 2.57. The van der Waals surface area contributed by atoms with Crippen LogP contribution in [0.25, 0.3) is 0 Å². The molecule has 3 fully saturated rings. The molecule has 2 aliphatic carbocycles. The van der Waals surface area contributed by atoms with E-state index in [9.17, 15) is 0 Å². The molecule has 18 heavy (non-hydrogen) atoms. The third-order valence-corrected chi connectivity index (χ3v) is 5.27. The van der Waals surface area contributed by atoms with Crippen LogP contribution < -0.4 is 5.32 Å². The molecule has 0 radical (unpaired) electrons. The molecule has 0 amide bonds. The van der Waals surface area contributed by atoms with E-state index in [0.717, 1.165) is 18.1 Å². The molecule has 0 spiro atoms. The van der Waals surface area contributed by atoms with Crippen molar-refractivity contribution >= 4 is 0 Å². The molecule has 1 saturated heterocycles. The Morgan fingerprint density at radius 1 is 0.944 bits per heavy atom. The molecule has 1 heterocycles. The maximum Gasteiger partial charge on any atom is 0.00964 e. The van der Waals surface area contributed by atoms with Crippen molar-refractivity contribution in [1.29, 1.82) is 0 Å². The third-order valence-electron chi connectivity index (χ3n) is 5.27. The highest BCUT2D eigenvalue weighted by atomic mass is 15.2. The first kappa shape index (κ1) is 12.9. The molecule has 3 rings (SSSR count). The van der Waals surface area contributed by atoms with E-state index in [4.69, 9.17) is 0 Å². The lowest BCUT2D eigenvalue weighted by Crippen LogP contribution is -2.48. The molecule has 0 aromatic rings. The fourth-order valence-corrected chi connectivity index (χ4v) is 4.04. The molecule has 1 atom stereocenters. The number of nitrogens with one attached hydrogen (secondary N) is 1. The summed E-state index contributed by atoms with van der Waals surface area (Å²) in [7, 11) is 0. The highest BCUT2D eigenvalue weighted by molar-refractivity contribution is 4.91. The van der Waals surface area contributed by atoms with Gasteiger partial charge in [0.25, 0.3) is 0 Å². The maximum absolute atomic E-state index is 3.97. The van der Waals surface area contributed by atoms with Crippen LogP contribution >= 0.6 is 0 Å². The lowest BCUT2D eigenvalue weighted by atomic mass is 9.75. The Kier molecular flexibility index (Phi) is 3.68. The highest BCUT2D eigenvalue weighted by Gasteiger charge is 2.33. The van der Waals surface area contributed by atoms with Gasteiger partial charge in [-0.3, -0.25) is 0 Å². The van der Waals surface area contributed by atoms with Gasteiger partial charge in [-0.1, -0.05) is 20.3 Å². The number of rotatable bonds is 3. The largest absolute Gasteiger partial charge is 0.311 e. The molecular weight excluding hydrogens is 220 g/mol. The molecule has 3 aliphatic rings. The van der Waals surface area contributed by atoms with Crippen LogP contribution in [0, 0.1) is 5.41 Å². The summed E-state index contributed by atoms with van der Waals surface area (Å²) in [5, 5.41) is 3.97. The lowest BCUT2D eigenvalue weighted by Gasteiger charge is -2.40. The van der Waals surface area contributed by atoms with E-state index in [-0.39, 0.29) is 0 Å². The average molecular weight is 250 g/mol. The van der Waals surface area contributed by atoms with Gasteiger partial charge in [0.1, 0.15) is 0 Å². The number of likely N-dealkylation sites (tertiary alicyclic amines) is 1. The molecular formula is C16H30N2. The molecule has 0 bridgehead atoms. The van der Waals surface area contributed by atoms with Gasteiger partial charge in [0.15, 0.2) is 0 Å². The monoisotopic (exact) mass is 250 g/mol. The number of piperidine rings is 1. The van der Waals surface area contributed by atoms with E-state index >= 15 is 0 Å². The summed E-state index contributed by atoms with van der Waals surface area (Å²) < 4.78 is 0. The Hall–Kier alpha value is -0.0800. The predicted molar refractivity (Wildman–Crippen MR) is 76.8 cm³/mol. The van der Waals surface area contributed by atoms with Gasteiger partial charge < -0.3 is 10.2 Å². The summed E-state index contributed by atoms with van der Waals surface area (Å²) in [6.45, 7) is 7.57. The Balaban J connectivity index is 1.43. The van der Waals surface area contributed by atoms with Crippen molar-refractivity contribution in [1.82, 2.24) is 10.2 Å². The molecule has 1 aliphatic heterocycles. The second kappa shape index (κ2) is 5.13. The molecule has 104 valence electrons. The summed E-state index contributed by atoms with van der Waals surface area (Å²) in [5.74, 6) is 0. The van der Waals surface area contributed by atoms with Crippen LogP contribution in [-0.2, 0) is 0 Å². The van der Waals surface area contributed by atoms with Crippen molar-refractivity contribution < 1.29 is 0 Å². The predicted octanol–water partition coefficient (Wildman–Crippen LogP) is 3.17. The van der Waals surface area contributed by atoms with Crippen molar-refractivity contribution in [3.05, 3.63) is 0 Å². The topological polar surface area (TPSA) is 15.3 Å². The van der Waals surface area contributed by atoms with E-state index in [1.165, 1.54) is 64.5 Å². The average Bonchev–Trinajstić information content (AvgIpc) is 3.12. The Bertz CT molecular complexity index is 275. The molecule has 2 nitrogen and oxygen atoms in total. The zero-order valence-corrected chi connectivity index (χ0v) is 12.3. The van der Waals surface area contributed by atoms with Gasteiger partial charge in [-0.25, -0.2) is 0 Å². The van der Waals surface area contributed by atoms with Crippen LogP contribution in [0.2, 0.25) is 0 Å². The van der Waals surface area contributed by atoms with E-state index in [1.54, 1.807) is 0 Å². The van der Waals surface area contributed by atoms with Gasteiger partial charge >= 0.3 is 0 Å². The SMILES string of the molecule is CC1(C)CCCC(NC2CCN(C3CC3)CC2)C1. The van der Waals surface area contributed by atoms with Gasteiger partial charge in [-0.15, -0.1) is 0 Å². The second-order valence-corrected chi connectivity index (χ2v) is 7.67. The highest BCUT2D eigenvalue weighted by Crippen LogP contribution is 2.36. The number of hydrogen-bond acceptors (Lipinski definition) is 2. The van der Waals surface area contributed by atoms with E-state index in [0.29, 0.717) is 5.41 Å².